The van der Waals surface area contributed by atoms with Crippen molar-refractivity contribution in [3.05, 3.63) is 80.5 Å². The van der Waals surface area contributed by atoms with Crippen LogP contribution in [0, 0.1) is 6.92 Å². The van der Waals surface area contributed by atoms with Crippen LogP contribution in [0.4, 0.5) is 0 Å². The second-order valence-electron chi connectivity index (χ2n) is 9.13. The highest BCUT2D eigenvalue weighted by Crippen LogP contribution is 2.17. The summed E-state index contributed by atoms with van der Waals surface area (Å²) in [6.07, 6.45) is 7.45. The molecule has 1 aliphatic rings. The van der Waals surface area contributed by atoms with Gasteiger partial charge in [-0.3, -0.25) is 18.7 Å². The number of unbranched alkanes of at least 4 members (excludes halogenated alkanes) is 1. The van der Waals surface area contributed by atoms with Crippen LogP contribution >= 0.6 is 0 Å². The van der Waals surface area contributed by atoms with E-state index in [4.69, 9.17) is 0 Å². The number of hydrogen-bond acceptors (Lipinski definition) is 3. The number of aromatic nitrogens is 2. The highest BCUT2D eigenvalue weighted by atomic mass is 16.2. The number of hydrogen-bond donors (Lipinski definition) is 1. The SMILES string of the molecule is Cc1ccccc1Cn1c(=O)n(CCCCC(=O)NC2CCCCC2)c(=O)c2ccccc21. The molecule has 0 spiro atoms. The molecule has 0 atom stereocenters. The number of para-hydroxylation sites is 1. The Bertz CT molecular complexity index is 1240. The van der Waals surface area contributed by atoms with E-state index in [1.54, 1.807) is 10.6 Å². The van der Waals surface area contributed by atoms with Crippen molar-refractivity contribution < 1.29 is 4.79 Å². The Morgan fingerprint density at radius 1 is 0.939 bits per heavy atom. The van der Waals surface area contributed by atoms with Gasteiger partial charge in [0.2, 0.25) is 5.91 Å². The maximum atomic E-state index is 13.4. The van der Waals surface area contributed by atoms with Gasteiger partial charge in [-0.2, -0.15) is 0 Å². The zero-order chi connectivity index (χ0) is 23.2. The molecular weight excluding hydrogens is 414 g/mol. The van der Waals surface area contributed by atoms with Crippen molar-refractivity contribution in [2.45, 2.75) is 77.4 Å². The lowest BCUT2D eigenvalue weighted by molar-refractivity contribution is -0.122. The Balaban J connectivity index is 1.49. The average molecular weight is 448 g/mol. The van der Waals surface area contributed by atoms with Gasteiger partial charge in [0, 0.05) is 19.0 Å². The monoisotopic (exact) mass is 447 g/mol. The molecule has 1 saturated carbocycles. The van der Waals surface area contributed by atoms with E-state index < -0.39 is 0 Å². The Labute approximate surface area is 194 Å². The maximum Gasteiger partial charge on any atom is 0.331 e. The van der Waals surface area contributed by atoms with Crippen LogP contribution in [0.1, 0.15) is 62.5 Å². The first-order valence-corrected chi connectivity index (χ1v) is 12.1. The van der Waals surface area contributed by atoms with Crippen molar-refractivity contribution in [3.8, 4) is 0 Å². The van der Waals surface area contributed by atoms with E-state index in [0.717, 1.165) is 24.0 Å². The third-order valence-corrected chi connectivity index (χ3v) is 6.73. The van der Waals surface area contributed by atoms with Crippen LogP contribution in [-0.2, 0) is 17.9 Å². The Morgan fingerprint density at radius 2 is 1.67 bits per heavy atom. The van der Waals surface area contributed by atoms with Crippen LogP contribution < -0.4 is 16.6 Å². The first-order valence-electron chi connectivity index (χ1n) is 12.1. The summed E-state index contributed by atoms with van der Waals surface area (Å²) in [6.45, 7) is 2.75. The number of carbonyl (C=O) groups excluding carboxylic acids is 1. The largest absolute Gasteiger partial charge is 0.353 e. The third-order valence-electron chi connectivity index (χ3n) is 6.73. The number of fused-ring (bicyclic) bond motifs is 1. The van der Waals surface area contributed by atoms with Crippen molar-refractivity contribution in [2.24, 2.45) is 0 Å². The Kier molecular flexibility index (Phi) is 7.43. The molecule has 1 heterocycles. The van der Waals surface area contributed by atoms with Crippen molar-refractivity contribution in [3.63, 3.8) is 0 Å². The number of carbonyl (C=O) groups is 1. The smallest absolute Gasteiger partial charge is 0.331 e. The Morgan fingerprint density at radius 3 is 2.45 bits per heavy atom. The zero-order valence-corrected chi connectivity index (χ0v) is 19.4. The molecule has 1 aromatic heterocycles. The predicted molar refractivity (Wildman–Crippen MR) is 132 cm³/mol. The number of rotatable bonds is 8. The molecule has 4 rings (SSSR count). The summed E-state index contributed by atoms with van der Waals surface area (Å²) in [5.41, 5.74) is 2.25. The molecule has 3 aromatic rings. The summed E-state index contributed by atoms with van der Waals surface area (Å²) in [5, 5.41) is 3.68. The second kappa shape index (κ2) is 10.6. The van der Waals surface area contributed by atoms with E-state index in [9.17, 15) is 14.4 Å². The van der Waals surface area contributed by atoms with E-state index in [2.05, 4.69) is 5.32 Å². The molecule has 1 aliphatic carbocycles. The van der Waals surface area contributed by atoms with Crippen LogP contribution in [0.3, 0.4) is 0 Å². The molecule has 33 heavy (non-hydrogen) atoms. The fourth-order valence-corrected chi connectivity index (χ4v) is 4.78. The zero-order valence-electron chi connectivity index (χ0n) is 19.4. The molecule has 0 aliphatic heterocycles. The molecule has 0 unspecified atom stereocenters. The number of benzene rings is 2. The molecule has 1 fully saturated rings. The lowest BCUT2D eigenvalue weighted by Gasteiger charge is -2.22. The summed E-state index contributed by atoms with van der Waals surface area (Å²) >= 11 is 0. The highest BCUT2D eigenvalue weighted by molar-refractivity contribution is 5.78. The first kappa shape index (κ1) is 23.0. The topological polar surface area (TPSA) is 73.1 Å². The second-order valence-corrected chi connectivity index (χ2v) is 9.13. The van der Waals surface area contributed by atoms with Gasteiger partial charge >= 0.3 is 5.69 Å². The number of aryl methyl sites for hydroxylation is 1. The minimum atomic E-state index is -0.298. The molecular formula is C27H33N3O3. The van der Waals surface area contributed by atoms with E-state index in [0.29, 0.717) is 49.3 Å². The van der Waals surface area contributed by atoms with Gasteiger partial charge in [0.15, 0.2) is 0 Å². The third kappa shape index (κ3) is 5.44. The Hall–Kier alpha value is -3.15. The van der Waals surface area contributed by atoms with E-state index in [1.807, 2.05) is 49.4 Å². The van der Waals surface area contributed by atoms with Crippen molar-refractivity contribution >= 4 is 16.8 Å². The van der Waals surface area contributed by atoms with Crippen molar-refractivity contribution in [1.82, 2.24) is 14.5 Å². The number of amides is 1. The van der Waals surface area contributed by atoms with Gasteiger partial charge in [0.1, 0.15) is 0 Å². The van der Waals surface area contributed by atoms with Crippen LogP contribution in [0.2, 0.25) is 0 Å². The molecule has 1 N–H and O–H groups in total. The molecule has 6 nitrogen and oxygen atoms in total. The van der Waals surface area contributed by atoms with Gasteiger partial charge in [-0.25, -0.2) is 4.79 Å². The van der Waals surface area contributed by atoms with E-state index in [1.165, 1.54) is 23.8 Å². The van der Waals surface area contributed by atoms with Gasteiger partial charge in [0.25, 0.3) is 5.56 Å². The summed E-state index contributed by atoms with van der Waals surface area (Å²) in [6, 6.07) is 15.6. The molecule has 2 aromatic carbocycles. The molecule has 0 bridgehead atoms. The molecule has 0 radical (unpaired) electrons. The van der Waals surface area contributed by atoms with E-state index in [-0.39, 0.29) is 17.2 Å². The van der Waals surface area contributed by atoms with E-state index >= 15 is 0 Å². The lowest BCUT2D eigenvalue weighted by atomic mass is 9.95. The normalized spacial score (nSPS) is 14.5. The number of nitrogens with zero attached hydrogens (tertiary/aromatic N) is 2. The fourth-order valence-electron chi connectivity index (χ4n) is 4.78. The van der Waals surface area contributed by atoms with Crippen LogP contribution in [0.25, 0.3) is 10.9 Å². The van der Waals surface area contributed by atoms with Gasteiger partial charge in [-0.05, 0) is 55.9 Å². The molecule has 0 saturated heterocycles. The molecule has 6 heteroatoms. The highest BCUT2D eigenvalue weighted by Gasteiger charge is 2.16. The van der Waals surface area contributed by atoms with Crippen LogP contribution in [-0.4, -0.2) is 21.1 Å². The quantitative estimate of drug-likeness (QED) is 0.528. The van der Waals surface area contributed by atoms with Gasteiger partial charge in [-0.15, -0.1) is 0 Å². The number of nitrogens with one attached hydrogen (secondary N) is 1. The summed E-state index contributed by atoms with van der Waals surface area (Å²) in [7, 11) is 0. The standard InChI is InChI=1S/C27H33N3O3/c1-20-11-5-6-12-21(20)19-30-24-16-8-7-15-23(24)26(32)29(27(30)33)18-10-9-17-25(31)28-22-13-3-2-4-14-22/h5-8,11-12,15-16,22H,2-4,9-10,13-14,17-19H2,1H3,(H,28,31). The lowest BCUT2D eigenvalue weighted by Crippen LogP contribution is -2.40. The van der Waals surface area contributed by atoms with Crippen LogP contribution in [0.5, 0.6) is 0 Å². The van der Waals surface area contributed by atoms with Gasteiger partial charge in [-0.1, -0.05) is 55.7 Å². The minimum Gasteiger partial charge on any atom is -0.353 e. The van der Waals surface area contributed by atoms with Gasteiger partial charge in [0.05, 0.1) is 17.4 Å². The summed E-state index contributed by atoms with van der Waals surface area (Å²) in [5.74, 6) is 0.0738. The predicted octanol–water partition coefficient (Wildman–Crippen LogP) is 4.14. The molecule has 1 amide bonds. The average Bonchev–Trinajstić information content (AvgIpc) is 2.83. The fraction of sp³-hybridized carbons (Fsp3) is 0.444. The van der Waals surface area contributed by atoms with Gasteiger partial charge < -0.3 is 5.32 Å². The molecule has 174 valence electrons. The maximum absolute atomic E-state index is 13.4. The van der Waals surface area contributed by atoms with Crippen LogP contribution in [0.15, 0.2) is 58.1 Å². The van der Waals surface area contributed by atoms with Crippen molar-refractivity contribution in [2.75, 3.05) is 0 Å². The first-order chi connectivity index (χ1) is 16.0. The minimum absolute atomic E-state index is 0.0738. The summed E-state index contributed by atoms with van der Waals surface area (Å²) in [4.78, 5) is 38.7. The van der Waals surface area contributed by atoms with Crippen molar-refractivity contribution in [1.29, 1.82) is 0 Å². The summed E-state index contributed by atoms with van der Waals surface area (Å²) < 4.78 is 3.02.